The number of halogens is 1. The molecule has 114 valence electrons. The predicted molar refractivity (Wildman–Crippen MR) is 88.7 cm³/mol. The van der Waals surface area contributed by atoms with Gasteiger partial charge in [0.05, 0.1) is 6.04 Å². The normalized spacial score (nSPS) is 14.5. The summed E-state index contributed by atoms with van der Waals surface area (Å²) in [6, 6.07) is 8.67. The smallest absolute Gasteiger partial charge is 0.0507 e. The molecule has 3 nitrogen and oxygen atoms in total. The van der Waals surface area contributed by atoms with E-state index in [4.69, 9.17) is 10.8 Å². The number of rotatable bonds is 9. The Morgan fingerprint density at radius 1 is 1.25 bits per heavy atom. The van der Waals surface area contributed by atoms with Crippen molar-refractivity contribution < 1.29 is 5.11 Å². The standard InChI is InChI=1S/C16H27BrN2O/c1-3-15(18)16(13-9-5-6-10-14(13)17)19(2)11-7-4-8-12-20/h5-6,9-10,15-16,20H,3-4,7-8,11-12,18H2,1-2H3. The molecule has 1 rings (SSSR count). The van der Waals surface area contributed by atoms with Crippen molar-refractivity contribution in [3.8, 4) is 0 Å². The lowest BCUT2D eigenvalue weighted by atomic mass is 9.96. The van der Waals surface area contributed by atoms with Crippen molar-refractivity contribution in [2.75, 3.05) is 20.2 Å². The van der Waals surface area contributed by atoms with E-state index in [1.54, 1.807) is 0 Å². The first kappa shape index (κ1) is 17.6. The third-order valence-electron chi connectivity index (χ3n) is 3.74. The molecule has 0 radical (unpaired) electrons. The molecule has 3 N–H and O–H groups in total. The summed E-state index contributed by atoms with van der Waals surface area (Å²) in [6.07, 6.45) is 3.99. The molecule has 0 heterocycles. The van der Waals surface area contributed by atoms with Crippen molar-refractivity contribution in [1.29, 1.82) is 0 Å². The van der Waals surface area contributed by atoms with Crippen LogP contribution in [0.4, 0.5) is 0 Å². The lowest BCUT2D eigenvalue weighted by Gasteiger charge is -2.33. The molecule has 4 heteroatoms. The summed E-state index contributed by atoms with van der Waals surface area (Å²) >= 11 is 3.64. The van der Waals surface area contributed by atoms with Crippen molar-refractivity contribution in [2.24, 2.45) is 5.73 Å². The van der Waals surface area contributed by atoms with Crippen LogP contribution in [0.3, 0.4) is 0 Å². The zero-order chi connectivity index (χ0) is 15.0. The number of benzene rings is 1. The van der Waals surface area contributed by atoms with E-state index >= 15 is 0 Å². The summed E-state index contributed by atoms with van der Waals surface area (Å²) in [7, 11) is 2.14. The zero-order valence-electron chi connectivity index (χ0n) is 12.6. The van der Waals surface area contributed by atoms with Gasteiger partial charge in [-0.15, -0.1) is 0 Å². The molecule has 2 unspecified atom stereocenters. The fourth-order valence-corrected chi connectivity index (χ4v) is 3.04. The van der Waals surface area contributed by atoms with Gasteiger partial charge in [0, 0.05) is 17.1 Å². The Balaban J connectivity index is 2.76. The molecule has 0 aliphatic carbocycles. The van der Waals surface area contributed by atoms with Gasteiger partial charge in [-0.3, -0.25) is 4.90 Å². The van der Waals surface area contributed by atoms with Gasteiger partial charge in [0.25, 0.3) is 0 Å². The molecule has 0 aliphatic heterocycles. The van der Waals surface area contributed by atoms with Crippen molar-refractivity contribution in [2.45, 2.75) is 44.7 Å². The number of nitrogens with two attached hydrogens (primary N) is 1. The summed E-state index contributed by atoms with van der Waals surface area (Å²) in [4.78, 5) is 2.34. The highest BCUT2D eigenvalue weighted by molar-refractivity contribution is 9.10. The lowest BCUT2D eigenvalue weighted by molar-refractivity contribution is 0.201. The average molecular weight is 343 g/mol. The van der Waals surface area contributed by atoms with Gasteiger partial charge >= 0.3 is 0 Å². The second-order valence-electron chi connectivity index (χ2n) is 5.30. The molecule has 0 aliphatic rings. The minimum Gasteiger partial charge on any atom is -0.396 e. The van der Waals surface area contributed by atoms with Crippen LogP contribution in [0.2, 0.25) is 0 Å². The Hall–Kier alpha value is -0.420. The van der Waals surface area contributed by atoms with Crippen LogP contribution < -0.4 is 5.73 Å². The fraction of sp³-hybridized carbons (Fsp3) is 0.625. The van der Waals surface area contributed by atoms with Crippen LogP contribution in [0.25, 0.3) is 0 Å². The molecule has 0 fully saturated rings. The molecular formula is C16H27BrN2O. The van der Waals surface area contributed by atoms with Crippen LogP contribution in [-0.4, -0.2) is 36.2 Å². The van der Waals surface area contributed by atoms with E-state index in [1.807, 2.05) is 6.07 Å². The Kier molecular flexibility index (Phi) is 8.38. The summed E-state index contributed by atoms with van der Waals surface area (Å²) in [5, 5.41) is 8.84. The number of nitrogens with zero attached hydrogens (tertiary/aromatic N) is 1. The Morgan fingerprint density at radius 2 is 1.95 bits per heavy atom. The van der Waals surface area contributed by atoms with Crippen molar-refractivity contribution in [3.63, 3.8) is 0 Å². The molecule has 0 aromatic heterocycles. The molecular weight excluding hydrogens is 316 g/mol. The van der Waals surface area contributed by atoms with Gasteiger partial charge < -0.3 is 10.8 Å². The number of unbranched alkanes of at least 4 members (excludes halogenated alkanes) is 2. The van der Waals surface area contributed by atoms with E-state index in [0.717, 1.165) is 36.7 Å². The molecule has 20 heavy (non-hydrogen) atoms. The topological polar surface area (TPSA) is 49.5 Å². The first-order valence-electron chi connectivity index (χ1n) is 7.42. The first-order chi connectivity index (χ1) is 9.61. The summed E-state index contributed by atoms with van der Waals surface area (Å²) < 4.78 is 1.12. The van der Waals surface area contributed by atoms with E-state index in [0.29, 0.717) is 0 Å². The van der Waals surface area contributed by atoms with Gasteiger partial charge in [-0.05, 0) is 50.9 Å². The maximum Gasteiger partial charge on any atom is 0.0507 e. The fourth-order valence-electron chi connectivity index (χ4n) is 2.52. The third kappa shape index (κ3) is 5.17. The van der Waals surface area contributed by atoms with Gasteiger partial charge in [-0.25, -0.2) is 0 Å². The van der Waals surface area contributed by atoms with Gasteiger partial charge in [0.2, 0.25) is 0 Å². The number of aliphatic hydroxyl groups is 1. The van der Waals surface area contributed by atoms with E-state index < -0.39 is 0 Å². The van der Waals surface area contributed by atoms with Crippen LogP contribution in [-0.2, 0) is 0 Å². The number of likely N-dealkylation sites (N-methyl/N-ethyl adjacent to an activating group) is 1. The maximum atomic E-state index is 8.84. The monoisotopic (exact) mass is 342 g/mol. The van der Waals surface area contributed by atoms with E-state index in [9.17, 15) is 0 Å². The van der Waals surface area contributed by atoms with Crippen molar-refractivity contribution >= 4 is 15.9 Å². The second kappa shape index (κ2) is 9.50. The van der Waals surface area contributed by atoms with Crippen LogP contribution in [0.15, 0.2) is 28.7 Å². The van der Waals surface area contributed by atoms with Crippen LogP contribution in [0, 0.1) is 0 Å². The van der Waals surface area contributed by atoms with Crippen LogP contribution >= 0.6 is 15.9 Å². The minimum atomic E-state index is 0.122. The SMILES string of the molecule is CCC(N)C(c1ccccc1Br)N(C)CCCCCO. The van der Waals surface area contributed by atoms with Gasteiger partial charge in [-0.1, -0.05) is 41.1 Å². The summed E-state index contributed by atoms with van der Waals surface area (Å²) in [5.74, 6) is 0. The van der Waals surface area contributed by atoms with Crippen LogP contribution in [0.1, 0.15) is 44.2 Å². The maximum absolute atomic E-state index is 8.84. The Labute approximate surface area is 131 Å². The van der Waals surface area contributed by atoms with Crippen molar-refractivity contribution in [1.82, 2.24) is 4.90 Å². The molecule has 0 spiro atoms. The zero-order valence-corrected chi connectivity index (χ0v) is 14.1. The highest BCUT2D eigenvalue weighted by Crippen LogP contribution is 2.30. The van der Waals surface area contributed by atoms with E-state index in [1.165, 1.54) is 5.56 Å². The molecule has 2 atom stereocenters. The minimum absolute atomic E-state index is 0.122. The molecule has 0 saturated heterocycles. The predicted octanol–water partition coefficient (Wildman–Crippen LogP) is 3.32. The summed E-state index contributed by atoms with van der Waals surface area (Å²) in [5.41, 5.74) is 7.60. The van der Waals surface area contributed by atoms with Crippen LogP contribution in [0.5, 0.6) is 0 Å². The third-order valence-corrected chi connectivity index (χ3v) is 4.47. The van der Waals surface area contributed by atoms with Gasteiger partial charge in [0.1, 0.15) is 0 Å². The average Bonchev–Trinajstić information content (AvgIpc) is 2.45. The molecule has 1 aromatic carbocycles. The number of aliphatic hydroxyl groups excluding tert-OH is 1. The second-order valence-corrected chi connectivity index (χ2v) is 6.16. The van der Waals surface area contributed by atoms with Crippen molar-refractivity contribution in [3.05, 3.63) is 34.3 Å². The molecule has 0 amide bonds. The summed E-state index contributed by atoms with van der Waals surface area (Å²) in [6.45, 7) is 3.42. The van der Waals surface area contributed by atoms with E-state index in [-0.39, 0.29) is 18.7 Å². The van der Waals surface area contributed by atoms with Gasteiger partial charge in [0.15, 0.2) is 0 Å². The lowest BCUT2D eigenvalue weighted by Crippen LogP contribution is -2.39. The molecule has 0 saturated carbocycles. The highest BCUT2D eigenvalue weighted by atomic mass is 79.9. The first-order valence-corrected chi connectivity index (χ1v) is 8.22. The molecule has 0 bridgehead atoms. The van der Waals surface area contributed by atoms with E-state index in [2.05, 4.69) is 53.0 Å². The largest absolute Gasteiger partial charge is 0.396 e. The Bertz CT molecular complexity index is 386. The van der Waals surface area contributed by atoms with Gasteiger partial charge in [-0.2, -0.15) is 0 Å². The number of hydrogen-bond donors (Lipinski definition) is 2. The molecule has 1 aromatic rings. The Morgan fingerprint density at radius 3 is 2.55 bits per heavy atom. The quantitative estimate of drug-likeness (QED) is 0.676. The highest BCUT2D eigenvalue weighted by Gasteiger charge is 2.24. The number of hydrogen-bond acceptors (Lipinski definition) is 3.